The summed E-state index contributed by atoms with van der Waals surface area (Å²) in [7, 11) is 2.09. The van der Waals surface area contributed by atoms with E-state index in [1.807, 2.05) is 0 Å². The minimum absolute atomic E-state index is 0.807. The number of hydrogen-bond donors (Lipinski definition) is 2. The molecule has 0 saturated heterocycles. The first-order chi connectivity index (χ1) is 7.72. The van der Waals surface area contributed by atoms with Gasteiger partial charge in [0.2, 0.25) is 0 Å². The van der Waals surface area contributed by atoms with Crippen LogP contribution >= 0.6 is 12.6 Å². The molecule has 16 heavy (non-hydrogen) atoms. The molecule has 0 aliphatic heterocycles. The number of aromatic nitrogens is 1. The summed E-state index contributed by atoms with van der Waals surface area (Å²) in [5.74, 6) is 0.807. The Bertz CT molecular complexity index is 476. The Morgan fingerprint density at radius 2 is 2.06 bits per heavy atom. The van der Waals surface area contributed by atoms with Gasteiger partial charge < -0.3 is 4.98 Å². The van der Waals surface area contributed by atoms with Gasteiger partial charge in [0.05, 0.1) is 0 Å². The molecule has 0 aliphatic carbocycles. The van der Waals surface area contributed by atoms with Gasteiger partial charge in [-0.2, -0.15) is 12.6 Å². The van der Waals surface area contributed by atoms with Crippen molar-refractivity contribution in [2.24, 2.45) is 0 Å². The largest absolute Gasteiger partial charge is 0.358 e. The van der Waals surface area contributed by atoms with Crippen LogP contribution in [0, 0.1) is 6.92 Å². The molecule has 86 valence electrons. The van der Waals surface area contributed by atoms with E-state index in [0.717, 1.165) is 18.8 Å². The highest BCUT2D eigenvalue weighted by Gasteiger charge is 2.07. The summed E-state index contributed by atoms with van der Waals surface area (Å²) < 4.78 is 0. The van der Waals surface area contributed by atoms with E-state index in [0.29, 0.717) is 0 Å². The zero-order chi connectivity index (χ0) is 11.5. The SMILES string of the molecule is Cc1[nH]c2ccccc2c1CCN(C)CS. The molecule has 0 radical (unpaired) electrons. The van der Waals surface area contributed by atoms with Crippen LogP contribution in [-0.2, 0) is 6.42 Å². The number of nitrogens with one attached hydrogen (secondary N) is 1. The molecule has 0 amide bonds. The van der Waals surface area contributed by atoms with E-state index < -0.39 is 0 Å². The molecular weight excluding hydrogens is 216 g/mol. The van der Waals surface area contributed by atoms with E-state index in [1.54, 1.807) is 0 Å². The summed E-state index contributed by atoms with van der Waals surface area (Å²) in [6.07, 6.45) is 1.08. The van der Waals surface area contributed by atoms with Crippen molar-refractivity contribution in [3.05, 3.63) is 35.5 Å². The Hall–Kier alpha value is -0.930. The van der Waals surface area contributed by atoms with Crippen LogP contribution < -0.4 is 0 Å². The molecule has 0 atom stereocenters. The minimum Gasteiger partial charge on any atom is -0.358 e. The average molecular weight is 234 g/mol. The van der Waals surface area contributed by atoms with Gasteiger partial charge in [0, 0.05) is 29.0 Å². The first-order valence-corrected chi connectivity index (χ1v) is 6.21. The number of para-hydroxylation sites is 1. The van der Waals surface area contributed by atoms with Crippen LogP contribution in [-0.4, -0.2) is 29.4 Å². The number of hydrogen-bond acceptors (Lipinski definition) is 2. The number of benzene rings is 1. The zero-order valence-corrected chi connectivity index (χ0v) is 10.7. The molecule has 0 aliphatic rings. The van der Waals surface area contributed by atoms with Crippen LogP contribution in [0.5, 0.6) is 0 Å². The summed E-state index contributed by atoms with van der Waals surface area (Å²) in [6.45, 7) is 3.20. The third-order valence-electron chi connectivity index (χ3n) is 3.01. The average Bonchev–Trinajstić information content (AvgIpc) is 2.62. The van der Waals surface area contributed by atoms with Crippen molar-refractivity contribution < 1.29 is 0 Å². The minimum atomic E-state index is 0.807. The highest BCUT2D eigenvalue weighted by Crippen LogP contribution is 2.22. The van der Waals surface area contributed by atoms with Gasteiger partial charge in [-0.1, -0.05) is 18.2 Å². The first kappa shape index (κ1) is 11.6. The number of nitrogens with zero attached hydrogens (tertiary/aromatic N) is 1. The predicted molar refractivity (Wildman–Crippen MR) is 73.2 cm³/mol. The van der Waals surface area contributed by atoms with Crippen LogP contribution in [0.15, 0.2) is 24.3 Å². The van der Waals surface area contributed by atoms with Crippen molar-refractivity contribution in [2.75, 3.05) is 19.5 Å². The maximum atomic E-state index is 4.26. The Labute approximate surface area is 102 Å². The number of rotatable bonds is 4. The number of likely N-dealkylation sites (N-methyl/N-ethyl adjacent to an activating group) is 1. The second-order valence-electron chi connectivity index (χ2n) is 4.25. The van der Waals surface area contributed by atoms with Crippen molar-refractivity contribution >= 4 is 23.5 Å². The molecular formula is C13H18N2S. The summed E-state index contributed by atoms with van der Waals surface area (Å²) >= 11 is 4.26. The van der Waals surface area contributed by atoms with Crippen molar-refractivity contribution in [1.82, 2.24) is 9.88 Å². The van der Waals surface area contributed by atoms with Crippen molar-refractivity contribution in [3.63, 3.8) is 0 Å². The topological polar surface area (TPSA) is 19.0 Å². The van der Waals surface area contributed by atoms with Crippen LogP contribution in [0.4, 0.5) is 0 Å². The van der Waals surface area contributed by atoms with Gasteiger partial charge in [0.25, 0.3) is 0 Å². The molecule has 1 heterocycles. The lowest BCUT2D eigenvalue weighted by Crippen LogP contribution is -2.19. The van der Waals surface area contributed by atoms with Gasteiger partial charge in [-0.05, 0) is 32.0 Å². The monoisotopic (exact) mass is 234 g/mol. The van der Waals surface area contributed by atoms with Gasteiger partial charge >= 0.3 is 0 Å². The molecule has 2 rings (SSSR count). The van der Waals surface area contributed by atoms with Crippen LogP contribution in [0.1, 0.15) is 11.3 Å². The molecule has 1 N–H and O–H groups in total. The van der Waals surface area contributed by atoms with Crippen LogP contribution in [0.25, 0.3) is 10.9 Å². The van der Waals surface area contributed by atoms with E-state index in [4.69, 9.17) is 0 Å². The fourth-order valence-electron chi connectivity index (χ4n) is 2.03. The number of aromatic amines is 1. The Balaban J connectivity index is 2.26. The molecule has 0 saturated carbocycles. The summed E-state index contributed by atoms with van der Waals surface area (Å²) in [4.78, 5) is 5.64. The van der Waals surface area contributed by atoms with Crippen LogP contribution in [0.2, 0.25) is 0 Å². The molecule has 0 bridgehead atoms. The van der Waals surface area contributed by atoms with E-state index in [1.165, 1.54) is 22.2 Å². The summed E-state index contributed by atoms with van der Waals surface area (Å²) in [5, 5.41) is 1.35. The van der Waals surface area contributed by atoms with E-state index >= 15 is 0 Å². The second-order valence-corrected chi connectivity index (χ2v) is 4.53. The zero-order valence-electron chi connectivity index (χ0n) is 9.83. The summed E-state index contributed by atoms with van der Waals surface area (Å²) in [5.41, 5.74) is 3.96. The molecule has 2 aromatic rings. The predicted octanol–water partition coefficient (Wildman–Crippen LogP) is 2.84. The lowest BCUT2D eigenvalue weighted by molar-refractivity contribution is 0.399. The smallest absolute Gasteiger partial charge is 0.0458 e. The maximum absolute atomic E-state index is 4.26. The Morgan fingerprint density at radius 3 is 2.81 bits per heavy atom. The molecule has 0 fully saturated rings. The lowest BCUT2D eigenvalue weighted by atomic mass is 10.1. The quantitative estimate of drug-likeness (QED) is 0.615. The fraction of sp³-hybridized carbons (Fsp3) is 0.385. The Kier molecular flexibility index (Phi) is 3.56. The van der Waals surface area contributed by atoms with E-state index in [9.17, 15) is 0 Å². The molecule has 0 unspecified atom stereocenters. The van der Waals surface area contributed by atoms with Gasteiger partial charge in [0.1, 0.15) is 0 Å². The highest BCUT2D eigenvalue weighted by molar-refractivity contribution is 7.80. The fourth-order valence-corrected chi connectivity index (χ4v) is 2.17. The second kappa shape index (κ2) is 4.93. The van der Waals surface area contributed by atoms with Gasteiger partial charge in [-0.25, -0.2) is 0 Å². The van der Waals surface area contributed by atoms with E-state index in [-0.39, 0.29) is 0 Å². The maximum Gasteiger partial charge on any atom is 0.0458 e. The van der Waals surface area contributed by atoms with Crippen molar-refractivity contribution in [1.29, 1.82) is 0 Å². The standard InChI is InChI=1S/C13H18N2S/c1-10-11(7-8-15(2)9-16)12-5-3-4-6-13(12)14-10/h3-6,14,16H,7-9H2,1-2H3. The molecule has 1 aromatic heterocycles. The van der Waals surface area contributed by atoms with Gasteiger partial charge in [-0.3, -0.25) is 4.90 Å². The first-order valence-electron chi connectivity index (χ1n) is 5.58. The van der Waals surface area contributed by atoms with Crippen molar-refractivity contribution in [3.8, 4) is 0 Å². The number of aryl methyl sites for hydroxylation is 1. The number of H-pyrrole nitrogens is 1. The summed E-state index contributed by atoms with van der Waals surface area (Å²) in [6, 6.07) is 8.49. The highest BCUT2D eigenvalue weighted by atomic mass is 32.1. The third kappa shape index (κ3) is 2.25. The van der Waals surface area contributed by atoms with Crippen molar-refractivity contribution in [2.45, 2.75) is 13.3 Å². The van der Waals surface area contributed by atoms with Crippen LogP contribution in [0.3, 0.4) is 0 Å². The third-order valence-corrected chi connectivity index (χ3v) is 3.49. The van der Waals surface area contributed by atoms with Gasteiger partial charge in [0.15, 0.2) is 0 Å². The number of fused-ring (bicyclic) bond motifs is 1. The van der Waals surface area contributed by atoms with Gasteiger partial charge in [-0.15, -0.1) is 0 Å². The lowest BCUT2D eigenvalue weighted by Gasteiger charge is -2.12. The number of thiol groups is 1. The Morgan fingerprint density at radius 1 is 1.31 bits per heavy atom. The molecule has 1 aromatic carbocycles. The van der Waals surface area contributed by atoms with E-state index in [2.05, 4.69) is 60.7 Å². The molecule has 3 heteroatoms. The molecule has 2 nitrogen and oxygen atoms in total. The normalized spacial score (nSPS) is 11.5. The molecule has 0 spiro atoms.